The zero-order chi connectivity index (χ0) is 57.9. The Morgan fingerprint density at radius 1 is 0.456 bits per heavy atom. The molecule has 0 aromatic rings. The van der Waals surface area contributed by atoms with Gasteiger partial charge >= 0.3 is 13.8 Å². The molecule has 0 aromatic carbocycles. The molecule has 0 aromatic heterocycles. The Kier molecular flexibility index (Phi) is 54.6. The predicted octanol–water partition coefficient (Wildman–Crippen LogP) is 19.7. The molecule has 3 atom stereocenters. The maximum absolute atomic E-state index is 13.5. The van der Waals surface area contributed by atoms with Crippen LogP contribution >= 0.6 is 7.82 Å². The Labute approximate surface area is 485 Å². The maximum Gasteiger partial charge on any atom is 0.472 e. The van der Waals surface area contributed by atoms with Gasteiger partial charge in [0, 0.05) is 12.8 Å². The van der Waals surface area contributed by atoms with Crippen molar-refractivity contribution in [3.8, 4) is 0 Å². The average molecular weight is 1120 g/mol. The van der Waals surface area contributed by atoms with Crippen LogP contribution < -0.4 is 5.32 Å². The Morgan fingerprint density at radius 2 is 0.810 bits per heavy atom. The Balaban J connectivity index is 5.28. The van der Waals surface area contributed by atoms with Crippen molar-refractivity contribution >= 4 is 19.7 Å². The van der Waals surface area contributed by atoms with Crippen LogP contribution in [0.25, 0.3) is 0 Å². The van der Waals surface area contributed by atoms with Gasteiger partial charge in [-0.05, 0) is 122 Å². The van der Waals surface area contributed by atoms with Crippen molar-refractivity contribution in [1.82, 2.24) is 5.32 Å². The largest absolute Gasteiger partial charge is 0.472 e. The molecule has 450 valence electrons. The van der Waals surface area contributed by atoms with Crippen molar-refractivity contribution < 1.29 is 37.3 Å². The normalized spacial score (nSPS) is 14.6. The van der Waals surface area contributed by atoms with Crippen LogP contribution in [0.2, 0.25) is 0 Å². The first-order valence-corrected chi connectivity index (χ1v) is 33.0. The summed E-state index contributed by atoms with van der Waals surface area (Å²) in [6.07, 6.45) is 81.7. The van der Waals surface area contributed by atoms with E-state index in [1.807, 2.05) is 33.3 Å². The van der Waals surface area contributed by atoms with Gasteiger partial charge in [0.2, 0.25) is 5.91 Å². The highest BCUT2D eigenvalue weighted by Crippen LogP contribution is 2.43. The van der Waals surface area contributed by atoms with Gasteiger partial charge in [-0.1, -0.05) is 238 Å². The van der Waals surface area contributed by atoms with Gasteiger partial charge in [0.15, 0.2) is 0 Å². The van der Waals surface area contributed by atoms with Gasteiger partial charge in [0.25, 0.3) is 0 Å². The van der Waals surface area contributed by atoms with Crippen LogP contribution in [0.15, 0.2) is 134 Å². The van der Waals surface area contributed by atoms with E-state index >= 15 is 0 Å². The zero-order valence-electron chi connectivity index (χ0n) is 51.3. The summed E-state index contributed by atoms with van der Waals surface area (Å²) in [7, 11) is 1.44. The molecule has 0 rings (SSSR count). The molecule has 10 heteroatoms. The van der Waals surface area contributed by atoms with E-state index in [-0.39, 0.29) is 37.9 Å². The number of hydrogen-bond acceptors (Lipinski definition) is 6. The number of allylic oxidation sites excluding steroid dienone is 21. The molecule has 1 amide bonds. The van der Waals surface area contributed by atoms with E-state index in [1.54, 1.807) is 0 Å². The van der Waals surface area contributed by atoms with E-state index in [4.69, 9.17) is 13.8 Å². The number of rotatable bonds is 55. The lowest BCUT2D eigenvalue weighted by Crippen LogP contribution is -2.47. The molecule has 0 spiro atoms. The lowest BCUT2D eigenvalue weighted by atomic mass is 10.0. The van der Waals surface area contributed by atoms with Crippen molar-refractivity contribution in [2.75, 3.05) is 40.9 Å². The van der Waals surface area contributed by atoms with E-state index in [0.29, 0.717) is 23.9 Å². The van der Waals surface area contributed by atoms with Crippen LogP contribution in [0.5, 0.6) is 0 Å². The number of carbonyl (C=O) groups excluding carboxylic acids is 2. The summed E-state index contributed by atoms with van der Waals surface area (Å²) < 4.78 is 30.7. The van der Waals surface area contributed by atoms with E-state index < -0.39 is 20.0 Å². The predicted molar refractivity (Wildman–Crippen MR) is 341 cm³/mol. The highest BCUT2D eigenvalue weighted by Gasteiger charge is 2.30. The summed E-state index contributed by atoms with van der Waals surface area (Å²) in [4.78, 5) is 37.7. The number of esters is 1. The second-order valence-corrected chi connectivity index (χ2v) is 23.3. The smallest absolute Gasteiger partial charge is 0.456 e. The summed E-state index contributed by atoms with van der Waals surface area (Å²) in [5.41, 5.74) is 0. The first-order chi connectivity index (χ1) is 38.4. The number of phosphoric acid groups is 1. The second-order valence-electron chi connectivity index (χ2n) is 21.8. The summed E-state index contributed by atoms with van der Waals surface area (Å²) in [6, 6.07) is -0.881. The Hall–Kier alpha value is -3.85. The average Bonchev–Trinajstić information content (AvgIpc) is 3.41. The minimum absolute atomic E-state index is 0.0237. The Morgan fingerprint density at radius 3 is 1.23 bits per heavy atom. The monoisotopic (exact) mass is 1120 g/mol. The van der Waals surface area contributed by atoms with Gasteiger partial charge in [-0.2, -0.15) is 0 Å². The lowest BCUT2D eigenvalue weighted by molar-refractivity contribution is -0.870. The number of nitrogens with one attached hydrogen (secondary N) is 1. The number of phosphoric ester groups is 1. The third kappa shape index (κ3) is 58.6. The number of hydrogen-bond donors (Lipinski definition) is 2. The second kappa shape index (κ2) is 57.4. The maximum atomic E-state index is 13.5. The van der Waals surface area contributed by atoms with Gasteiger partial charge < -0.3 is 19.4 Å². The highest BCUT2D eigenvalue weighted by atomic mass is 31.2. The molecule has 79 heavy (non-hydrogen) atoms. The molecule has 0 aliphatic heterocycles. The summed E-state index contributed by atoms with van der Waals surface area (Å²) in [6.45, 7) is 6.73. The van der Waals surface area contributed by atoms with Crippen LogP contribution in [-0.4, -0.2) is 74.3 Å². The van der Waals surface area contributed by atoms with Gasteiger partial charge in [-0.3, -0.25) is 18.6 Å². The minimum atomic E-state index is -4.47. The third-order valence-electron chi connectivity index (χ3n) is 13.1. The molecule has 0 aliphatic carbocycles. The number of amides is 1. The van der Waals surface area contributed by atoms with Crippen molar-refractivity contribution in [3.63, 3.8) is 0 Å². The van der Waals surface area contributed by atoms with Crippen LogP contribution in [0.1, 0.15) is 239 Å². The number of nitrogens with zero attached hydrogens (tertiary/aromatic N) is 1. The van der Waals surface area contributed by atoms with Crippen LogP contribution in [0.4, 0.5) is 0 Å². The van der Waals surface area contributed by atoms with E-state index in [1.165, 1.54) is 51.4 Å². The van der Waals surface area contributed by atoms with Crippen molar-refractivity contribution in [1.29, 1.82) is 0 Å². The fraction of sp³-hybridized carbons (Fsp3) is 0.652. The van der Waals surface area contributed by atoms with Crippen LogP contribution in [-0.2, 0) is 27.9 Å². The molecular weight excluding hydrogens is 1000 g/mol. The lowest BCUT2D eigenvalue weighted by Gasteiger charge is -2.27. The molecule has 2 N–H and O–H groups in total. The van der Waals surface area contributed by atoms with Crippen molar-refractivity contribution in [2.24, 2.45) is 0 Å². The highest BCUT2D eigenvalue weighted by molar-refractivity contribution is 7.47. The topological polar surface area (TPSA) is 111 Å². The SMILES string of the molecule is CC/C=C\C/C=C\C/C=C\C/C=C\C/C=C\C/C=C\CCCCCCCCC(=O)OC(/C=C\CCCCCCCCCCCC)C(COP(=O)(O)OCC[N+](C)(C)C)NC(=O)CCCCC/C=C/C/C=C/C/C=C/C/C=C/CC. The number of likely N-dealkylation sites (N-methyl/N-ethyl adjacent to an activating group) is 1. The number of ether oxygens (including phenoxy) is 1. The molecule has 0 bridgehead atoms. The Bertz CT molecular complexity index is 1810. The van der Waals surface area contributed by atoms with Gasteiger partial charge in [-0.25, -0.2) is 4.57 Å². The molecule has 0 heterocycles. The number of carbonyl (C=O) groups is 2. The zero-order valence-corrected chi connectivity index (χ0v) is 52.2. The first kappa shape index (κ1) is 75.2. The number of unbranched alkanes of at least 4 members (excludes halogenated alkanes) is 19. The molecule has 9 nitrogen and oxygen atoms in total. The van der Waals surface area contributed by atoms with Crippen LogP contribution in [0.3, 0.4) is 0 Å². The van der Waals surface area contributed by atoms with E-state index in [0.717, 1.165) is 141 Å². The molecule has 0 saturated heterocycles. The quantitative estimate of drug-likeness (QED) is 0.0205. The number of quaternary nitrogens is 1. The summed E-state index contributed by atoms with van der Waals surface area (Å²) in [5, 5.41) is 3.03. The van der Waals surface area contributed by atoms with Gasteiger partial charge in [0.1, 0.15) is 19.3 Å². The van der Waals surface area contributed by atoms with Gasteiger partial charge in [0.05, 0.1) is 33.8 Å². The first-order valence-electron chi connectivity index (χ1n) is 31.5. The molecule has 0 aliphatic rings. The molecule has 0 saturated carbocycles. The fourth-order valence-corrected chi connectivity index (χ4v) is 9.02. The minimum Gasteiger partial charge on any atom is -0.456 e. The molecule has 0 fully saturated rings. The van der Waals surface area contributed by atoms with E-state index in [2.05, 4.69) is 148 Å². The fourth-order valence-electron chi connectivity index (χ4n) is 8.29. The summed E-state index contributed by atoms with van der Waals surface area (Å²) >= 11 is 0. The molecular formula is C69H118N2O7P+. The standard InChI is InChI=1S/C69H117N2O7P/c1-7-10-13-16-19-22-25-28-30-32-33-34-35-36-37-38-39-40-42-44-47-50-53-56-59-62-69(73)78-67(60-57-54-51-48-45-27-24-21-18-15-12-9-3)66(65-77-79(74,75)76-64-63-71(4,5)6)70-68(72)61-58-55-52-49-46-43-41-31-29-26-23-20-17-14-11-8-2/h10-11,13-14,19-20,22-23,28-31,33-34,36-37,39-40,43,46,57,60,66-67H,7-9,12,15-18,21,24-27,32,35,38,41-42,44-45,47-56,58-59,61-65H2,1-6H3,(H-,70,72,74,75)/p+1/b13-10-,14-11+,22-19-,23-20+,30-28-,31-29+,34-33-,37-36-,40-39-,46-43+,60-57-. The van der Waals surface area contributed by atoms with E-state index in [9.17, 15) is 19.0 Å². The van der Waals surface area contributed by atoms with Crippen LogP contribution in [0, 0.1) is 0 Å². The summed E-state index contributed by atoms with van der Waals surface area (Å²) in [5.74, 6) is -0.568. The van der Waals surface area contributed by atoms with Crippen molar-refractivity contribution in [3.05, 3.63) is 134 Å². The third-order valence-corrected chi connectivity index (χ3v) is 14.1. The molecule has 0 radical (unpaired) electrons. The molecule has 3 unspecified atom stereocenters. The van der Waals surface area contributed by atoms with Gasteiger partial charge in [-0.15, -0.1) is 0 Å². The van der Waals surface area contributed by atoms with Crippen molar-refractivity contribution in [2.45, 2.75) is 251 Å².